The topological polar surface area (TPSA) is 45.8 Å². The minimum absolute atomic E-state index is 0.466. The number of aromatic nitrogens is 2. The molecule has 1 rings (SSSR count). The molecular formula is C7H10N2O. The fourth-order valence-electron chi connectivity index (χ4n) is 0.958. The highest BCUT2D eigenvalue weighted by Gasteiger charge is 2.03. The summed E-state index contributed by atoms with van der Waals surface area (Å²) in [6.45, 7) is 3.81. The zero-order valence-corrected chi connectivity index (χ0v) is 6.14. The maximum Gasteiger partial charge on any atom is 0.124 e. The summed E-state index contributed by atoms with van der Waals surface area (Å²) >= 11 is 0. The van der Waals surface area contributed by atoms with E-state index in [2.05, 4.69) is 10.2 Å². The normalized spacial score (nSPS) is 9.80. The molecule has 0 unspecified atom stereocenters. The molecule has 0 spiro atoms. The molecule has 0 aliphatic heterocycles. The van der Waals surface area contributed by atoms with Gasteiger partial charge in [0.2, 0.25) is 0 Å². The molecule has 1 aromatic rings. The van der Waals surface area contributed by atoms with Crippen molar-refractivity contribution in [3.8, 4) is 0 Å². The van der Waals surface area contributed by atoms with Gasteiger partial charge in [-0.2, -0.15) is 5.10 Å². The van der Waals surface area contributed by atoms with Crippen molar-refractivity contribution in [2.45, 2.75) is 20.3 Å². The molecule has 0 saturated heterocycles. The molecule has 0 amide bonds. The van der Waals surface area contributed by atoms with Gasteiger partial charge in [-0.05, 0) is 13.8 Å². The van der Waals surface area contributed by atoms with Crippen molar-refractivity contribution < 1.29 is 4.79 Å². The summed E-state index contributed by atoms with van der Waals surface area (Å²) in [5, 5.41) is 6.76. The van der Waals surface area contributed by atoms with Crippen molar-refractivity contribution in [2.75, 3.05) is 0 Å². The van der Waals surface area contributed by atoms with Crippen LogP contribution in [-0.4, -0.2) is 16.5 Å². The van der Waals surface area contributed by atoms with Crippen LogP contribution in [0.15, 0.2) is 0 Å². The van der Waals surface area contributed by atoms with Crippen molar-refractivity contribution in [3.63, 3.8) is 0 Å². The number of nitrogens with zero attached hydrogens (tertiary/aromatic N) is 1. The Balaban J connectivity index is 2.97. The van der Waals surface area contributed by atoms with Gasteiger partial charge >= 0.3 is 0 Å². The van der Waals surface area contributed by atoms with Crippen LogP contribution < -0.4 is 0 Å². The quantitative estimate of drug-likeness (QED) is 0.613. The average molecular weight is 138 g/mol. The summed E-state index contributed by atoms with van der Waals surface area (Å²) in [7, 11) is 0. The van der Waals surface area contributed by atoms with Crippen molar-refractivity contribution in [3.05, 3.63) is 17.0 Å². The van der Waals surface area contributed by atoms with Crippen LogP contribution in [-0.2, 0) is 11.2 Å². The minimum Gasteiger partial charge on any atom is -0.303 e. The van der Waals surface area contributed by atoms with Crippen LogP contribution in [0.1, 0.15) is 17.0 Å². The second-order valence-corrected chi connectivity index (χ2v) is 2.28. The standard InChI is InChI=1S/C7H10N2O/c1-5-7(3-4-10)6(2)9-8-5/h4H,3H2,1-2H3,(H,8,9). The third-order valence-electron chi connectivity index (χ3n) is 1.57. The van der Waals surface area contributed by atoms with Crippen molar-refractivity contribution in [1.82, 2.24) is 10.2 Å². The van der Waals surface area contributed by atoms with Gasteiger partial charge in [0.1, 0.15) is 6.29 Å². The van der Waals surface area contributed by atoms with Crippen molar-refractivity contribution >= 4 is 6.29 Å². The Bertz CT molecular complexity index is 220. The molecule has 0 aromatic carbocycles. The van der Waals surface area contributed by atoms with E-state index in [9.17, 15) is 4.79 Å². The summed E-state index contributed by atoms with van der Waals surface area (Å²) < 4.78 is 0. The van der Waals surface area contributed by atoms with Gasteiger partial charge < -0.3 is 4.79 Å². The predicted molar refractivity (Wildman–Crippen MR) is 37.8 cm³/mol. The second kappa shape index (κ2) is 2.64. The molecule has 0 aliphatic carbocycles. The number of hydrogen-bond acceptors (Lipinski definition) is 2. The van der Waals surface area contributed by atoms with E-state index in [1.807, 2.05) is 13.8 Å². The molecule has 0 aliphatic rings. The molecule has 0 radical (unpaired) electrons. The summed E-state index contributed by atoms with van der Waals surface area (Å²) in [6, 6.07) is 0. The highest BCUT2D eigenvalue weighted by atomic mass is 16.1. The van der Waals surface area contributed by atoms with Crippen molar-refractivity contribution in [2.24, 2.45) is 0 Å². The molecular weight excluding hydrogens is 128 g/mol. The molecule has 0 fully saturated rings. The molecule has 3 heteroatoms. The van der Waals surface area contributed by atoms with Gasteiger partial charge in [-0.1, -0.05) is 0 Å². The van der Waals surface area contributed by atoms with E-state index in [1.165, 1.54) is 0 Å². The lowest BCUT2D eigenvalue weighted by atomic mass is 10.1. The minimum atomic E-state index is 0.466. The van der Waals surface area contributed by atoms with Crippen LogP contribution in [0.5, 0.6) is 0 Å². The van der Waals surface area contributed by atoms with E-state index in [0.29, 0.717) is 6.42 Å². The van der Waals surface area contributed by atoms with E-state index in [0.717, 1.165) is 23.2 Å². The Morgan fingerprint density at radius 1 is 1.60 bits per heavy atom. The highest BCUT2D eigenvalue weighted by Crippen LogP contribution is 2.07. The number of hydrogen-bond donors (Lipinski definition) is 1. The van der Waals surface area contributed by atoms with Gasteiger partial charge in [-0.15, -0.1) is 0 Å². The first-order valence-corrected chi connectivity index (χ1v) is 3.19. The zero-order valence-electron chi connectivity index (χ0n) is 6.14. The first-order valence-electron chi connectivity index (χ1n) is 3.19. The zero-order chi connectivity index (χ0) is 7.56. The van der Waals surface area contributed by atoms with Gasteiger partial charge in [-0.25, -0.2) is 0 Å². The van der Waals surface area contributed by atoms with Gasteiger partial charge in [0.15, 0.2) is 0 Å². The number of carbonyl (C=O) groups is 1. The number of aryl methyl sites for hydroxylation is 2. The number of nitrogens with one attached hydrogen (secondary N) is 1. The van der Waals surface area contributed by atoms with E-state index >= 15 is 0 Å². The maximum absolute atomic E-state index is 10.1. The molecule has 1 N–H and O–H groups in total. The molecule has 1 aromatic heterocycles. The van der Waals surface area contributed by atoms with E-state index < -0.39 is 0 Å². The fourth-order valence-corrected chi connectivity index (χ4v) is 0.958. The molecule has 0 bridgehead atoms. The van der Waals surface area contributed by atoms with Gasteiger partial charge in [-0.3, -0.25) is 5.10 Å². The summed E-state index contributed by atoms with van der Waals surface area (Å²) in [6.07, 6.45) is 1.36. The Kier molecular flexibility index (Phi) is 1.85. The second-order valence-electron chi connectivity index (χ2n) is 2.28. The Labute approximate surface area is 59.4 Å². The molecule has 0 atom stereocenters. The Morgan fingerprint density at radius 3 is 2.70 bits per heavy atom. The summed E-state index contributed by atoms with van der Waals surface area (Å²) in [4.78, 5) is 10.1. The molecule has 3 nitrogen and oxygen atoms in total. The van der Waals surface area contributed by atoms with Crippen LogP contribution in [0.4, 0.5) is 0 Å². The lowest BCUT2D eigenvalue weighted by molar-refractivity contribution is -0.107. The Morgan fingerprint density at radius 2 is 2.30 bits per heavy atom. The summed E-state index contributed by atoms with van der Waals surface area (Å²) in [5.74, 6) is 0. The number of carbonyl (C=O) groups excluding carboxylic acids is 1. The molecule has 54 valence electrons. The lowest BCUT2D eigenvalue weighted by Gasteiger charge is -1.90. The Hall–Kier alpha value is -1.12. The highest BCUT2D eigenvalue weighted by molar-refractivity contribution is 5.56. The lowest BCUT2D eigenvalue weighted by Crippen LogP contribution is -1.88. The number of H-pyrrole nitrogens is 1. The first-order chi connectivity index (χ1) is 4.75. The van der Waals surface area contributed by atoms with Crippen molar-refractivity contribution in [1.29, 1.82) is 0 Å². The van der Waals surface area contributed by atoms with Gasteiger partial charge in [0.05, 0.1) is 5.69 Å². The van der Waals surface area contributed by atoms with Crippen LogP contribution in [0.3, 0.4) is 0 Å². The van der Waals surface area contributed by atoms with E-state index in [-0.39, 0.29) is 0 Å². The molecule has 10 heavy (non-hydrogen) atoms. The van der Waals surface area contributed by atoms with Gasteiger partial charge in [0, 0.05) is 17.7 Å². The third kappa shape index (κ3) is 1.07. The SMILES string of the molecule is Cc1n[nH]c(C)c1CC=O. The first kappa shape index (κ1) is 6.99. The van der Waals surface area contributed by atoms with Crippen LogP contribution in [0, 0.1) is 13.8 Å². The average Bonchev–Trinajstić information content (AvgIpc) is 2.20. The molecule has 0 saturated carbocycles. The van der Waals surface area contributed by atoms with Crippen LogP contribution in [0.25, 0.3) is 0 Å². The predicted octanol–water partition coefficient (Wildman–Crippen LogP) is 0.768. The third-order valence-corrected chi connectivity index (χ3v) is 1.57. The smallest absolute Gasteiger partial charge is 0.124 e. The summed E-state index contributed by atoms with van der Waals surface area (Å²) in [5.41, 5.74) is 2.93. The maximum atomic E-state index is 10.1. The monoisotopic (exact) mass is 138 g/mol. The van der Waals surface area contributed by atoms with Crippen LogP contribution in [0.2, 0.25) is 0 Å². The number of aromatic amines is 1. The van der Waals surface area contributed by atoms with E-state index in [4.69, 9.17) is 0 Å². The number of rotatable bonds is 2. The van der Waals surface area contributed by atoms with Crippen LogP contribution >= 0.6 is 0 Å². The fraction of sp³-hybridized carbons (Fsp3) is 0.429. The largest absolute Gasteiger partial charge is 0.303 e. The van der Waals surface area contributed by atoms with E-state index in [1.54, 1.807) is 0 Å². The molecule has 1 heterocycles. The van der Waals surface area contributed by atoms with Gasteiger partial charge in [0.25, 0.3) is 0 Å². The number of aldehydes is 1.